The van der Waals surface area contributed by atoms with Crippen LogP contribution in [-0.2, 0) is 0 Å². The highest BCUT2D eigenvalue weighted by molar-refractivity contribution is 5.84. The van der Waals surface area contributed by atoms with E-state index in [1.807, 2.05) is 32.1 Å². The van der Waals surface area contributed by atoms with Crippen LogP contribution in [0.5, 0.6) is 0 Å². The molecule has 0 fully saturated rings. The Kier molecular flexibility index (Phi) is 4.82. The molecule has 60 valence electrons. The average Bonchev–Trinajstić information content (AvgIpc) is 1.97. The minimum Gasteiger partial charge on any atom is -0.323 e. The molecule has 0 aromatic rings. The van der Waals surface area contributed by atoms with E-state index in [9.17, 15) is 0 Å². The lowest BCUT2D eigenvalue weighted by atomic mass is 10.1. The van der Waals surface area contributed by atoms with Crippen molar-refractivity contribution in [1.82, 2.24) is 0 Å². The van der Waals surface area contributed by atoms with Crippen LogP contribution in [0.25, 0.3) is 0 Å². The molecule has 0 heterocycles. The lowest BCUT2D eigenvalue weighted by Gasteiger charge is -1.95. The van der Waals surface area contributed by atoms with Crippen molar-refractivity contribution < 1.29 is 0 Å². The number of rotatable bonds is 3. The predicted octanol–water partition coefficient (Wildman–Crippen LogP) is 2.01. The van der Waals surface area contributed by atoms with Crippen LogP contribution in [0.3, 0.4) is 0 Å². The monoisotopic (exact) mass is 150 g/mol. The number of allylic oxidation sites excluding steroid dienone is 5. The number of nitrogens with two attached hydrogens (primary N) is 1. The molecule has 0 atom stereocenters. The zero-order valence-electron chi connectivity index (χ0n) is 7.04. The molecular weight excluding hydrogens is 136 g/mol. The van der Waals surface area contributed by atoms with Gasteiger partial charge in [0.1, 0.15) is 0 Å². The molecule has 2 heteroatoms. The van der Waals surface area contributed by atoms with Crippen LogP contribution in [-0.4, -0.2) is 6.21 Å². The number of hydrazone groups is 1. The Morgan fingerprint density at radius 1 is 1.55 bits per heavy atom. The summed E-state index contributed by atoms with van der Waals surface area (Å²) < 4.78 is 0. The molecule has 0 bridgehead atoms. The normalized spacial score (nSPS) is 13.1. The molecular formula is C9H14N2. The lowest BCUT2D eigenvalue weighted by molar-refractivity contribution is 1.26. The standard InChI is InChI=1S/C9H14N2/c1-4-5-6-9(7-11-10)8(2)3/h4-7H,2,10H2,1,3H3/b5-4-,9-6-,11-7-. The number of nitrogens with zero attached hydrogens (tertiary/aromatic N) is 1. The quantitative estimate of drug-likeness (QED) is 0.284. The van der Waals surface area contributed by atoms with Gasteiger partial charge in [0.05, 0.1) is 6.21 Å². The summed E-state index contributed by atoms with van der Waals surface area (Å²) in [6, 6.07) is 0. The third-order valence-corrected chi connectivity index (χ3v) is 1.17. The van der Waals surface area contributed by atoms with E-state index in [1.54, 1.807) is 6.21 Å². The molecule has 0 aromatic carbocycles. The van der Waals surface area contributed by atoms with Crippen LogP contribution in [0, 0.1) is 0 Å². The first-order valence-corrected chi connectivity index (χ1v) is 3.44. The van der Waals surface area contributed by atoms with Crippen molar-refractivity contribution >= 4 is 6.21 Å². The van der Waals surface area contributed by atoms with E-state index < -0.39 is 0 Å². The fourth-order valence-electron chi connectivity index (χ4n) is 0.576. The van der Waals surface area contributed by atoms with E-state index in [0.717, 1.165) is 11.1 Å². The van der Waals surface area contributed by atoms with Crippen molar-refractivity contribution in [3.8, 4) is 0 Å². The molecule has 0 aliphatic carbocycles. The minimum absolute atomic E-state index is 0.950. The molecule has 0 aliphatic heterocycles. The second-order valence-corrected chi connectivity index (χ2v) is 2.21. The molecule has 2 nitrogen and oxygen atoms in total. The molecule has 0 amide bonds. The van der Waals surface area contributed by atoms with Crippen molar-refractivity contribution in [1.29, 1.82) is 0 Å². The Morgan fingerprint density at radius 2 is 2.18 bits per heavy atom. The molecule has 0 saturated carbocycles. The smallest absolute Gasteiger partial charge is 0.0540 e. The predicted molar refractivity (Wildman–Crippen MR) is 50.4 cm³/mol. The zero-order valence-corrected chi connectivity index (χ0v) is 7.04. The van der Waals surface area contributed by atoms with Crippen LogP contribution in [0.2, 0.25) is 0 Å². The maximum Gasteiger partial charge on any atom is 0.0540 e. The Labute approximate surface area is 67.8 Å². The Bertz CT molecular complexity index is 210. The van der Waals surface area contributed by atoms with Gasteiger partial charge < -0.3 is 5.84 Å². The van der Waals surface area contributed by atoms with Gasteiger partial charge in [-0.25, -0.2) is 0 Å². The van der Waals surface area contributed by atoms with Gasteiger partial charge in [-0.15, -0.1) is 0 Å². The Hall–Kier alpha value is -1.31. The van der Waals surface area contributed by atoms with Gasteiger partial charge in [0.15, 0.2) is 0 Å². The van der Waals surface area contributed by atoms with Gasteiger partial charge in [-0.05, 0) is 25.0 Å². The highest BCUT2D eigenvalue weighted by Gasteiger charge is 1.89. The van der Waals surface area contributed by atoms with Gasteiger partial charge in [-0.2, -0.15) is 5.10 Å². The fourth-order valence-corrected chi connectivity index (χ4v) is 0.576. The largest absolute Gasteiger partial charge is 0.323 e. The molecule has 0 unspecified atom stereocenters. The summed E-state index contributed by atoms with van der Waals surface area (Å²) in [5, 5.41) is 3.42. The maximum atomic E-state index is 5.00. The Balaban J connectivity index is 4.45. The first-order chi connectivity index (χ1) is 5.22. The van der Waals surface area contributed by atoms with Crippen molar-refractivity contribution in [3.63, 3.8) is 0 Å². The maximum absolute atomic E-state index is 5.00. The van der Waals surface area contributed by atoms with Gasteiger partial charge in [0.2, 0.25) is 0 Å². The molecule has 0 rings (SSSR count). The fraction of sp³-hybridized carbons (Fsp3) is 0.222. The van der Waals surface area contributed by atoms with Gasteiger partial charge >= 0.3 is 0 Å². The minimum atomic E-state index is 0.950. The molecule has 0 aromatic heterocycles. The summed E-state index contributed by atoms with van der Waals surface area (Å²) >= 11 is 0. The zero-order chi connectivity index (χ0) is 8.69. The summed E-state index contributed by atoms with van der Waals surface area (Å²) in [6.45, 7) is 7.64. The van der Waals surface area contributed by atoms with E-state index in [1.165, 1.54) is 0 Å². The number of hydrogen-bond acceptors (Lipinski definition) is 2. The number of hydrogen-bond donors (Lipinski definition) is 1. The summed E-state index contributed by atoms with van der Waals surface area (Å²) in [4.78, 5) is 0. The summed E-state index contributed by atoms with van der Waals surface area (Å²) in [6.07, 6.45) is 7.36. The second-order valence-electron chi connectivity index (χ2n) is 2.21. The van der Waals surface area contributed by atoms with E-state index in [4.69, 9.17) is 5.84 Å². The van der Waals surface area contributed by atoms with Crippen molar-refractivity contribution in [2.24, 2.45) is 10.9 Å². The average molecular weight is 150 g/mol. The lowest BCUT2D eigenvalue weighted by Crippen LogP contribution is -1.89. The molecule has 0 aliphatic rings. The van der Waals surface area contributed by atoms with Crippen LogP contribution in [0.1, 0.15) is 13.8 Å². The van der Waals surface area contributed by atoms with Gasteiger partial charge in [-0.1, -0.05) is 24.8 Å². The molecule has 11 heavy (non-hydrogen) atoms. The molecule has 0 radical (unpaired) electrons. The van der Waals surface area contributed by atoms with Crippen molar-refractivity contribution in [2.45, 2.75) is 13.8 Å². The second kappa shape index (κ2) is 5.47. The molecule has 0 saturated heterocycles. The van der Waals surface area contributed by atoms with Crippen LogP contribution < -0.4 is 5.84 Å². The van der Waals surface area contributed by atoms with E-state index >= 15 is 0 Å². The van der Waals surface area contributed by atoms with Gasteiger partial charge in [0, 0.05) is 0 Å². The van der Waals surface area contributed by atoms with E-state index in [-0.39, 0.29) is 0 Å². The van der Waals surface area contributed by atoms with Crippen molar-refractivity contribution in [2.75, 3.05) is 0 Å². The third kappa shape index (κ3) is 4.14. The van der Waals surface area contributed by atoms with Gasteiger partial charge in [-0.3, -0.25) is 0 Å². The summed E-state index contributed by atoms with van der Waals surface area (Å²) in [7, 11) is 0. The Morgan fingerprint density at radius 3 is 2.55 bits per heavy atom. The third-order valence-electron chi connectivity index (χ3n) is 1.17. The van der Waals surface area contributed by atoms with E-state index in [0.29, 0.717) is 0 Å². The molecule has 2 N–H and O–H groups in total. The first-order valence-electron chi connectivity index (χ1n) is 3.44. The highest BCUT2D eigenvalue weighted by Crippen LogP contribution is 2.03. The van der Waals surface area contributed by atoms with Crippen LogP contribution in [0.15, 0.2) is 41.1 Å². The topological polar surface area (TPSA) is 38.4 Å². The SMILES string of the molecule is C=C(C)C(/C=N\N)=C\C=C/C. The van der Waals surface area contributed by atoms with Crippen LogP contribution >= 0.6 is 0 Å². The van der Waals surface area contributed by atoms with Crippen LogP contribution in [0.4, 0.5) is 0 Å². The van der Waals surface area contributed by atoms with E-state index in [2.05, 4.69) is 11.7 Å². The highest BCUT2D eigenvalue weighted by atomic mass is 15.1. The van der Waals surface area contributed by atoms with Gasteiger partial charge in [0.25, 0.3) is 0 Å². The van der Waals surface area contributed by atoms with Crippen molar-refractivity contribution in [3.05, 3.63) is 36.0 Å². The summed E-state index contributed by atoms with van der Waals surface area (Å²) in [5.74, 6) is 5.00. The molecule has 0 spiro atoms. The summed E-state index contributed by atoms with van der Waals surface area (Å²) in [5.41, 5.74) is 1.91. The first kappa shape index (κ1) is 9.69.